The number of nitrogens with one attached hydrogen (secondary N) is 1. The molecule has 38 heavy (non-hydrogen) atoms. The molecule has 5 rings (SSSR count). The Morgan fingerprint density at radius 1 is 1.03 bits per heavy atom. The highest BCUT2D eigenvalue weighted by atomic mass is 16.3. The fourth-order valence-electron chi connectivity index (χ4n) is 6.05. The molecule has 202 valence electrons. The highest BCUT2D eigenvalue weighted by Gasteiger charge is 2.24. The summed E-state index contributed by atoms with van der Waals surface area (Å²) in [6, 6.07) is 11.6. The van der Waals surface area contributed by atoms with Crippen molar-refractivity contribution in [1.29, 1.82) is 0 Å². The molecule has 7 heteroatoms. The van der Waals surface area contributed by atoms with Crippen LogP contribution in [0, 0.1) is 11.8 Å². The molecule has 2 aromatic carbocycles. The Balaban J connectivity index is 1.04. The number of fused-ring (bicyclic) bond motifs is 2. The van der Waals surface area contributed by atoms with Crippen molar-refractivity contribution >= 4 is 22.7 Å². The topological polar surface area (TPSA) is 87.5 Å². The summed E-state index contributed by atoms with van der Waals surface area (Å²) < 4.78 is 1.83. The smallest absolute Gasteiger partial charge is 0.240 e. The van der Waals surface area contributed by atoms with Gasteiger partial charge in [0.25, 0.3) is 0 Å². The van der Waals surface area contributed by atoms with Crippen LogP contribution in [-0.4, -0.2) is 56.9 Å². The minimum Gasteiger partial charge on any atom is -0.508 e. The zero-order valence-corrected chi connectivity index (χ0v) is 22.7. The van der Waals surface area contributed by atoms with Gasteiger partial charge < -0.3 is 19.9 Å². The van der Waals surface area contributed by atoms with E-state index in [0.717, 1.165) is 69.2 Å². The van der Waals surface area contributed by atoms with Gasteiger partial charge >= 0.3 is 0 Å². The van der Waals surface area contributed by atoms with Gasteiger partial charge in [-0.1, -0.05) is 26.0 Å². The lowest BCUT2D eigenvalue weighted by Crippen LogP contribution is -2.39. The number of Topliss-reactive ketones (excluding diaryl/α,β-unsaturated/α-hetero) is 1. The molecule has 2 aliphatic rings. The average molecular weight is 517 g/mol. The predicted molar refractivity (Wildman–Crippen MR) is 149 cm³/mol. The molecule has 0 atom stereocenters. The normalized spacial score (nSPS) is 20.3. The lowest BCUT2D eigenvalue weighted by molar-refractivity contribution is -0.122. The van der Waals surface area contributed by atoms with E-state index in [1.54, 1.807) is 24.5 Å². The number of phenols is 1. The zero-order valence-electron chi connectivity index (χ0n) is 22.7. The Morgan fingerprint density at radius 2 is 1.79 bits per heavy atom. The second-order valence-corrected chi connectivity index (χ2v) is 11.5. The Labute approximate surface area is 225 Å². The second-order valence-electron chi connectivity index (χ2n) is 11.5. The zero-order chi connectivity index (χ0) is 26.6. The quantitative estimate of drug-likeness (QED) is 0.422. The predicted octanol–water partition coefficient (Wildman–Crippen LogP) is 4.75. The Hall–Kier alpha value is -3.19. The third-order valence-corrected chi connectivity index (χ3v) is 8.39. The van der Waals surface area contributed by atoms with Gasteiger partial charge in [0.15, 0.2) is 5.78 Å². The first-order valence-electron chi connectivity index (χ1n) is 14.2. The van der Waals surface area contributed by atoms with E-state index in [4.69, 9.17) is 0 Å². The van der Waals surface area contributed by atoms with Gasteiger partial charge in [-0.15, -0.1) is 0 Å². The van der Waals surface area contributed by atoms with Crippen molar-refractivity contribution in [2.45, 2.75) is 71.4 Å². The van der Waals surface area contributed by atoms with Gasteiger partial charge in [-0.25, -0.2) is 4.98 Å². The number of ketones is 1. The number of nitrogens with zero attached hydrogens (tertiary/aromatic N) is 3. The minimum atomic E-state index is 0.0169. The van der Waals surface area contributed by atoms with Crippen molar-refractivity contribution in [1.82, 2.24) is 19.8 Å². The number of imidazole rings is 1. The monoisotopic (exact) mass is 516 g/mol. The SMILES string of the molecule is CC(C)C(=O)c1ccc2c(c1)CCN(CCC1CCC(NC(=O)Cn3cnc4cc(O)ccc43)CC1)CC2. The first kappa shape index (κ1) is 26.4. The molecule has 1 aromatic heterocycles. The van der Waals surface area contributed by atoms with Crippen molar-refractivity contribution in [2.24, 2.45) is 11.8 Å². The van der Waals surface area contributed by atoms with E-state index < -0.39 is 0 Å². The second kappa shape index (κ2) is 11.7. The third kappa shape index (κ3) is 6.26. The number of phenolic OH excluding ortho intramolecular Hbond substituents is 1. The average Bonchev–Trinajstić information content (AvgIpc) is 3.17. The molecular formula is C31H40N4O3. The van der Waals surface area contributed by atoms with Crippen LogP contribution in [0.4, 0.5) is 0 Å². The number of carbonyl (C=O) groups excluding carboxylic acids is 2. The molecule has 0 unspecified atom stereocenters. The van der Waals surface area contributed by atoms with Gasteiger partial charge in [0.05, 0.1) is 17.4 Å². The lowest BCUT2D eigenvalue weighted by atomic mass is 9.84. The molecule has 1 saturated carbocycles. The molecule has 0 radical (unpaired) electrons. The Bertz CT molecular complexity index is 1290. The van der Waals surface area contributed by atoms with Crippen molar-refractivity contribution in [2.75, 3.05) is 19.6 Å². The van der Waals surface area contributed by atoms with Crippen LogP contribution in [0.3, 0.4) is 0 Å². The highest BCUT2D eigenvalue weighted by Crippen LogP contribution is 2.28. The van der Waals surface area contributed by atoms with Gasteiger partial charge in [-0.2, -0.15) is 0 Å². The maximum absolute atomic E-state index is 12.7. The number of benzene rings is 2. The van der Waals surface area contributed by atoms with Gasteiger partial charge in [0.1, 0.15) is 12.3 Å². The summed E-state index contributed by atoms with van der Waals surface area (Å²) in [4.78, 5) is 32.0. The standard InChI is InChI=1S/C31H40N4O3/c1-21(2)31(38)25-6-5-23-12-15-34(16-13-24(23)17-25)14-11-22-3-7-26(8-4-22)33-30(37)19-35-20-32-28-18-27(36)9-10-29(28)35/h5-6,9-10,17-18,20-22,26,36H,3-4,7-8,11-16,19H2,1-2H3,(H,33,37). The van der Waals surface area contributed by atoms with Gasteiger partial charge in [-0.3, -0.25) is 9.59 Å². The number of carbonyl (C=O) groups is 2. The molecule has 1 fully saturated rings. The van der Waals surface area contributed by atoms with Crippen LogP contribution in [0.2, 0.25) is 0 Å². The Morgan fingerprint density at radius 3 is 2.55 bits per heavy atom. The number of hydrogen-bond donors (Lipinski definition) is 2. The summed E-state index contributed by atoms with van der Waals surface area (Å²) in [6.07, 6.45) is 9.33. The molecule has 2 N–H and O–H groups in total. The van der Waals surface area contributed by atoms with Crippen LogP contribution in [0.5, 0.6) is 5.75 Å². The summed E-state index contributed by atoms with van der Waals surface area (Å²) in [6.45, 7) is 7.43. The van der Waals surface area contributed by atoms with Crippen LogP contribution in [0.25, 0.3) is 11.0 Å². The van der Waals surface area contributed by atoms with Crippen LogP contribution in [0.15, 0.2) is 42.7 Å². The number of hydrogen-bond acceptors (Lipinski definition) is 5. The van der Waals surface area contributed by atoms with E-state index in [1.807, 2.05) is 24.5 Å². The first-order valence-corrected chi connectivity index (χ1v) is 14.2. The Kier molecular flexibility index (Phi) is 8.12. The van der Waals surface area contributed by atoms with E-state index in [1.165, 1.54) is 17.5 Å². The van der Waals surface area contributed by atoms with E-state index in [-0.39, 0.29) is 35.9 Å². The van der Waals surface area contributed by atoms with Gasteiger partial charge in [0.2, 0.25) is 5.91 Å². The summed E-state index contributed by atoms with van der Waals surface area (Å²) in [5, 5.41) is 12.8. The van der Waals surface area contributed by atoms with Crippen LogP contribution >= 0.6 is 0 Å². The molecule has 0 spiro atoms. The van der Waals surface area contributed by atoms with Crippen molar-refractivity contribution in [3.63, 3.8) is 0 Å². The number of rotatable bonds is 8. The highest BCUT2D eigenvalue weighted by molar-refractivity contribution is 5.97. The summed E-state index contributed by atoms with van der Waals surface area (Å²) in [7, 11) is 0. The van der Waals surface area contributed by atoms with Crippen LogP contribution in [-0.2, 0) is 24.2 Å². The van der Waals surface area contributed by atoms with E-state index >= 15 is 0 Å². The number of aromatic nitrogens is 2. The van der Waals surface area contributed by atoms with Crippen molar-refractivity contribution in [3.8, 4) is 5.75 Å². The molecule has 3 aromatic rings. The molecule has 0 saturated heterocycles. The molecule has 0 bridgehead atoms. The molecular weight excluding hydrogens is 476 g/mol. The minimum absolute atomic E-state index is 0.0169. The number of amides is 1. The lowest BCUT2D eigenvalue weighted by Gasteiger charge is -2.30. The van der Waals surface area contributed by atoms with Crippen LogP contribution < -0.4 is 5.32 Å². The van der Waals surface area contributed by atoms with E-state index in [0.29, 0.717) is 11.4 Å². The van der Waals surface area contributed by atoms with Gasteiger partial charge in [-0.05, 0) is 86.7 Å². The first-order chi connectivity index (χ1) is 18.4. The molecule has 1 aliphatic carbocycles. The third-order valence-electron chi connectivity index (χ3n) is 8.39. The summed E-state index contributed by atoms with van der Waals surface area (Å²) in [5.41, 5.74) is 5.14. The fourth-order valence-corrected chi connectivity index (χ4v) is 6.05. The summed E-state index contributed by atoms with van der Waals surface area (Å²) in [5.74, 6) is 1.18. The maximum Gasteiger partial charge on any atom is 0.240 e. The molecule has 1 aliphatic heterocycles. The number of aromatic hydroxyl groups is 1. The maximum atomic E-state index is 12.7. The molecule has 1 amide bonds. The van der Waals surface area contributed by atoms with Crippen LogP contribution in [0.1, 0.15) is 67.4 Å². The van der Waals surface area contributed by atoms with Crippen molar-refractivity contribution < 1.29 is 14.7 Å². The largest absolute Gasteiger partial charge is 0.508 e. The fraction of sp³-hybridized carbons (Fsp3) is 0.516. The van der Waals surface area contributed by atoms with Gasteiger partial charge in [0, 0.05) is 36.7 Å². The molecule has 2 heterocycles. The summed E-state index contributed by atoms with van der Waals surface area (Å²) >= 11 is 0. The molecule has 7 nitrogen and oxygen atoms in total. The van der Waals surface area contributed by atoms with E-state index in [9.17, 15) is 14.7 Å². The van der Waals surface area contributed by atoms with E-state index in [2.05, 4.69) is 27.3 Å². The van der Waals surface area contributed by atoms with Crippen molar-refractivity contribution in [3.05, 3.63) is 59.4 Å².